The Hall–Kier alpha value is -0.0400. The summed E-state index contributed by atoms with van der Waals surface area (Å²) in [5.74, 6) is 7.22. The molecule has 8 atom stereocenters. The van der Waals surface area contributed by atoms with Gasteiger partial charge in [-0.25, -0.2) is 0 Å². The molecule has 0 heterocycles. The van der Waals surface area contributed by atoms with E-state index < -0.39 is 0 Å². The maximum Gasteiger partial charge on any atom is -0.00235 e. The first kappa shape index (κ1) is 19.0. The van der Waals surface area contributed by atoms with Crippen LogP contribution in [0.5, 0.6) is 0 Å². The van der Waals surface area contributed by atoms with Crippen molar-refractivity contribution in [2.45, 2.75) is 67.7 Å². The summed E-state index contributed by atoms with van der Waals surface area (Å²) in [4.78, 5) is 0. The van der Waals surface area contributed by atoms with E-state index >= 15 is 0 Å². The summed E-state index contributed by atoms with van der Waals surface area (Å²) in [5, 5.41) is 3.33. The predicted octanol–water partition coefficient (Wildman–Crippen LogP) is 5.46. The molecular formula is C20H41N. The minimum absolute atomic E-state index is 0.790. The second-order valence-corrected chi connectivity index (χ2v) is 8.37. The molecule has 1 rings (SSSR count). The zero-order valence-corrected chi connectivity index (χ0v) is 15.9. The Morgan fingerprint density at radius 2 is 1.52 bits per heavy atom. The normalized spacial score (nSPS) is 30.3. The highest BCUT2D eigenvalue weighted by Gasteiger charge is 2.44. The van der Waals surface area contributed by atoms with Crippen LogP contribution in [0.3, 0.4) is 0 Å². The van der Waals surface area contributed by atoms with Crippen LogP contribution in [0.15, 0.2) is 0 Å². The highest BCUT2D eigenvalue weighted by molar-refractivity contribution is 4.93. The monoisotopic (exact) mass is 295 g/mol. The molecule has 1 nitrogen and oxygen atoms in total. The van der Waals surface area contributed by atoms with Crippen molar-refractivity contribution in [3.05, 3.63) is 0 Å². The second-order valence-electron chi connectivity index (χ2n) is 8.37. The number of hydrogen-bond acceptors (Lipinski definition) is 1. The van der Waals surface area contributed by atoms with E-state index in [-0.39, 0.29) is 0 Å². The number of rotatable bonds is 10. The van der Waals surface area contributed by atoms with Gasteiger partial charge in [0.15, 0.2) is 0 Å². The molecule has 0 saturated heterocycles. The molecule has 0 radical (unpaired) electrons. The third kappa shape index (κ3) is 5.27. The Kier molecular flexibility index (Phi) is 7.74. The molecule has 0 aromatic heterocycles. The van der Waals surface area contributed by atoms with E-state index in [9.17, 15) is 0 Å². The van der Waals surface area contributed by atoms with Crippen LogP contribution in [0.2, 0.25) is 0 Å². The van der Waals surface area contributed by atoms with Crippen molar-refractivity contribution in [2.24, 2.45) is 47.3 Å². The van der Waals surface area contributed by atoms with Gasteiger partial charge >= 0.3 is 0 Å². The van der Waals surface area contributed by atoms with Gasteiger partial charge in [0.05, 0.1) is 0 Å². The van der Waals surface area contributed by atoms with Crippen LogP contribution in [0, 0.1) is 47.3 Å². The average molecular weight is 296 g/mol. The molecule has 1 fully saturated rings. The molecule has 1 saturated carbocycles. The van der Waals surface area contributed by atoms with Crippen molar-refractivity contribution >= 4 is 0 Å². The first-order valence-corrected chi connectivity index (χ1v) is 9.47. The van der Waals surface area contributed by atoms with E-state index in [0.29, 0.717) is 0 Å². The minimum atomic E-state index is 0.790. The van der Waals surface area contributed by atoms with Crippen LogP contribution < -0.4 is 5.32 Å². The summed E-state index contributed by atoms with van der Waals surface area (Å²) >= 11 is 0. The molecule has 0 spiro atoms. The van der Waals surface area contributed by atoms with E-state index in [0.717, 1.165) is 53.9 Å². The largest absolute Gasteiger partial charge is 0.319 e. The SMILES string of the molecule is CCC(C)C(C)C(C)C1CC1C[C@@H](C)[C@H](C)C(C)CNC. The van der Waals surface area contributed by atoms with Crippen LogP contribution in [-0.4, -0.2) is 13.6 Å². The van der Waals surface area contributed by atoms with Gasteiger partial charge in [-0.05, 0) is 73.8 Å². The Balaban J connectivity index is 2.38. The maximum atomic E-state index is 3.33. The van der Waals surface area contributed by atoms with E-state index in [1.165, 1.54) is 19.3 Å². The standard InChI is InChI=1S/C20H41N/c1-9-13(2)17(6)18(7)20-11-19(20)10-14(3)16(5)15(4)12-21-8/h13-21H,9-12H2,1-8H3/t13?,14-,15?,16+,17?,18?,19?,20?/m1/s1. The summed E-state index contributed by atoms with van der Waals surface area (Å²) in [6.07, 6.45) is 4.29. The molecule has 1 N–H and O–H groups in total. The van der Waals surface area contributed by atoms with Crippen molar-refractivity contribution in [1.29, 1.82) is 0 Å². The molecule has 126 valence electrons. The van der Waals surface area contributed by atoms with E-state index in [1.807, 2.05) is 0 Å². The molecule has 1 heteroatoms. The summed E-state index contributed by atoms with van der Waals surface area (Å²) < 4.78 is 0. The zero-order valence-electron chi connectivity index (χ0n) is 15.9. The van der Waals surface area contributed by atoms with Gasteiger partial charge in [-0.1, -0.05) is 54.9 Å². The number of hydrogen-bond donors (Lipinski definition) is 1. The zero-order chi connectivity index (χ0) is 16.2. The van der Waals surface area contributed by atoms with Gasteiger partial charge in [-0.15, -0.1) is 0 Å². The van der Waals surface area contributed by atoms with Gasteiger partial charge in [0, 0.05) is 0 Å². The highest BCUT2D eigenvalue weighted by atomic mass is 14.8. The van der Waals surface area contributed by atoms with Crippen molar-refractivity contribution in [3.63, 3.8) is 0 Å². The Labute approximate surface area is 134 Å². The summed E-state index contributed by atoms with van der Waals surface area (Å²) in [6, 6.07) is 0. The molecule has 0 aromatic carbocycles. The van der Waals surface area contributed by atoms with E-state index in [1.54, 1.807) is 0 Å². The van der Waals surface area contributed by atoms with Crippen molar-refractivity contribution in [2.75, 3.05) is 13.6 Å². The van der Waals surface area contributed by atoms with Crippen LogP contribution >= 0.6 is 0 Å². The van der Waals surface area contributed by atoms with E-state index in [2.05, 4.69) is 60.8 Å². The third-order valence-electron chi connectivity index (χ3n) is 7.02. The predicted molar refractivity (Wildman–Crippen MR) is 95.4 cm³/mol. The Bertz CT molecular complexity index is 288. The van der Waals surface area contributed by atoms with Crippen LogP contribution in [0.4, 0.5) is 0 Å². The second kappa shape index (κ2) is 8.56. The molecule has 6 unspecified atom stereocenters. The van der Waals surface area contributed by atoms with Crippen LogP contribution in [0.1, 0.15) is 67.7 Å². The van der Waals surface area contributed by atoms with Gasteiger partial charge < -0.3 is 5.32 Å². The Morgan fingerprint density at radius 1 is 0.905 bits per heavy atom. The Morgan fingerprint density at radius 3 is 2.05 bits per heavy atom. The lowest BCUT2D eigenvalue weighted by Crippen LogP contribution is -2.26. The fraction of sp³-hybridized carbons (Fsp3) is 1.00. The summed E-state index contributed by atoms with van der Waals surface area (Å²) in [7, 11) is 2.07. The number of nitrogens with one attached hydrogen (secondary N) is 1. The molecule has 1 aliphatic carbocycles. The summed E-state index contributed by atoms with van der Waals surface area (Å²) in [6.45, 7) is 18.3. The lowest BCUT2D eigenvalue weighted by Gasteiger charge is -2.28. The maximum absolute atomic E-state index is 3.33. The van der Waals surface area contributed by atoms with Crippen LogP contribution in [0.25, 0.3) is 0 Å². The van der Waals surface area contributed by atoms with Gasteiger partial charge in [-0.3, -0.25) is 0 Å². The molecule has 0 amide bonds. The first-order chi connectivity index (χ1) is 9.83. The van der Waals surface area contributed by atoms with Crippen molar-refractivity contribution in [3.8, 4) is 0 Å². The molecular weight excluding hydrogens is 254 g/mol. The van der Waals surface area contributed by atoms with Crippen LogP contribution in [-0.2, 0) is 0 Å². The lowest BCUT2D eigenvalue weighted by atomic mass is 9.78. The topological polar surface area (TPSA) is 12.0 Å². The molecule has 21 heavy (non-hydrogen) atoms. The molecule has 0 bridgehead atoms. The average Bonchev–Trinajstić information content (AvgIpc) is 3.23. The molecule has 0 aliphatic heterocycles. The van der Waals surface area contributed by atoms with Gasteiger partial charge in [0.25, 0.3) is 0 Å². The summed E-state index contributed by atoms with van der Waals surface area (Å²) in [5.41, 5.74) is 0. The van der Waals surface area contributed by atoms with Gasteiger partial charge in [-0.2, -0.15) is 0 Å². The fourth-order valence-corrected chi connectivity index (χ4v) is 4.23. The van der Waals surface area contributed by atoms with Crippen molar-refractivity contribution < 1.29 is 0 Å². The first-order valence-electron chi connectivity index (χ1n) is 9.47. The third-order valence-corrected chi connectivity index (χ3v) is 7.02. The quantitative estimate of drug-likeness (QED) is 0.564. The smallest absolute Gasteiger partial charge is 0.00235 e. The van der Waals surface area contributed by atoms with Crippen molar-refractivity contribution in [1.82, 2.24) is 5.32 Å². The van der Waals surface area contributed by atoms with Gasteiger partial charge in [0.2, 0.25) is 0 Å². The molecule has 1 aliphatic rings. The fourth-order valence-electron chi connectivity index (χ4n) is 4.23. The van der Waals surface area contributed by atoms with Gasteiger partial charge in [0.1, 0.15) is 0 Å². The van der Waals surface area contributed by atoms with E-state index in [4.69, 9.17) is 0 Å². The molecule has 0 aromatic rings. The minimum Gasteiger partial charge on any atom is -0.319 e. The highest BCUT2D eigenvalue weighted by Crippen LogP contribution is 2.52. The lowest BCUT2D eigenvalue weighted by molar-refractivity contribution is 0.220.